The van der Waals surface area contributed by atoms with Crippen molar-refractivity contribution in [2.45, 2.75) is 45.8 Å². The van der Waals surface area contributed by atoms with Crippen LogP contribution in [0.1, 0.15) is 49.2 Å². The Morgan fingerprint density at radius 1 is 1.25 bits per heavy atom. The van der Waals surface area contributed by atoms with Gasteiger partial charge in [-0.15, -0.1) is 11.3 Å². The summed E-state index contributed by atoms with van der Waals surface area (Å²) in [7, 11) is 0. The smallest absolute Gasteiger partial charge is 0.295 e. The highest BCUT2D eigenvalue weighted by atomic mass is 32.1. The number of carbonyl (C=O) groups excluding carboxylic acids is 2. The average Bonchev–Trinajstić information content (AvgIpc) is 3.49. The van der Waals surface area contributed by atoms with Gasteiger partial charge in [-0.1, -0.05) is 17.9 Å². The van der Waals surface area contributed by atoms with Gasteiger partial charge in [-0.05, 0) is 55.5 Å². The summed E-state index contributed by atoms with van der Waals surface area (Å²) in [6, 6.07) is 8.47. The van der Waals surface area contributed by atoms with E-state index in [9.17, 15) is 14.7 Å². The number of hydrogen-bond donors (Lipinski definition) is 1. The topological polar surface area (TPSA) is 74.1 Å². The third-order valence-electron chi connectivity index (χ3n) is 6.43. The number of ether oxygens (including phenoxy) is 1. The van der Waals surface area contributed by atoms with Gasteiger partial charge in [0.25, 0.3) is 5.91 Å². The lowest BCUT2D eigenvalue weighted by molar-refractivity contribution is -0.896. The summed E-state index contributed by atoms with van der Waals surface area (Å²) in [4.78, 5) is 29.9. The van der Waals surface area contributed by atoms with E-state index in [1.165, 1.54) is 16.2 Å². The number of rotatable bonds is 8. The third-order valence-corrected chi connectivity index (χ3v) is 7.35. The number of carbonyl (C=O) groups is 2. The number of fused-ring (bicyclic) bond motifs is 1. The van der Waals surface area contributed by atoms with E-state index in [1.807, 2.05) is 30.5 Å². The Labute approximate surface area is 193 Å². The number of nitrogens with one attached hydrogen (secondary N) is 1. The molecule has 0 aliphatic carbocycles. The fourth-order valence-electron chi connectivity index (χ4n) is 4.67. The molecule has 2 aliphatic rings. The van der Waals surface area contributed by atoms with Gasteiger partial charge in [0, 0.05) is 29.8 Å². The Hall–Kier alpha value is -2.64. The van der Waals surface area contributed by atoms with Crippen LogP contribution < -0.4 is 14.7 Å². The van der Waals surface area contributed by atoms with Crippen molar-refractivity contribution in [2.75, 3.05) is 26.2 Å². The molecule has 4 rings (SSSR count). The van der Waals surface area contributed by atoms with Crippen molar-refractivity contribution in [1.29, 1.82) is 0 Å². The van der Waals surface area contributed by atoms with Crippen molar-refractivity contribution in [3.8, 4) is 5.75 Å². The van der Waals surface area contributed by atoms with Gasteiger partial charge in [-0.3, -0.25) is 9.59 Å². The Kier molecular flexibility index (Phi) is 6.67. The first-order chi connectivity index (χ1) is 15.4. The van der Waals surface area contributed by atoms with Crippen LogP contribution in [-0.2, 0) is 16.0 Å². The lowest BCUT2D eigenvalue weighted by Gasteiger charge is -2.27. The molecule has 7 heteroatoms. The highest BCUT2D eigenvalue weighted by Gasteiger charge is 2.44. The number of likely N-dealkylation sites (tertiary alicyclic amines) is 1. The van der Waals surface area contributed by atoms with Crippen molar-refractivity contribution in [2.24, 2.45) is 0 Å². The Bertz CT molecular complexity index is 1030. The molecule has 0 spiro atoms. The number of benzene rings is 1. The summed E-state index contributed by atoms with van der Waals surface area (Å²) in [6.07, 6.45) is 1.58. The number of amides is 1. The van der Waals surface area contributed by atoms with Crippen molar-refractivity contribution in [3.05, 3.63) is 57.3 Å². The van der Waals surface area contributed by atoms with Gasteiger partial charge < -0.3 is 19.6 Å². The maximum absolute atomic E-state index is 13.5. The fraction of sp³-hybridized carbons (Fsp3) is 0.440. The molecule has 1 aromatic carbocycles. The van der Waals surface area contributed by atoms with Crippen molar-refractivity contribution < 1.29 is 24.3 Å². The standard InChI is InChI=1S/C25H30N2O4S/c1-4-26(5-2)11-7-12-27-22(20-8-6-13-32-20)21(24(29)25(27)30)23(28)17-9-10-19-18(15-17)14-16(3)31-19/h6,8-10,13,15-16,22,28H,4-5,7,11-12,14H2,1-3H3/b23-21+. The zero-order valence-electron chi connectivity index (χ0n) is 18.8. The molecule has 6 nitrogen and oxygen atoms in total. The molecule has 3 heterocycles. The van der Waals surface area contributed by atoms with Crippen LogP contribution in [0.25, 0.3) is 5.76 Å². The molecule has 2 aliphatic heterocycles. The fourth-order valence-corrected chi connectivity index (χ4v) is 5.51. The van der Waals surface area contributed by atoms with E-state index >= 15 is 0 Å². The average molecular weight is 455 g/mol. The van der Waals surface area contributed by atoms with Gasteiger partial charge in [0.2, 0.25) is 5.78 Å². The molecule has 1 N–H and O–H groups in total. The van der Waals surface area contributed by atoms with E-state index < -0.39 is 17.7 Å². The highest BCUT2D eigenvalue weighted by Crippen LogP contribution is 2.41. The second kappa shape index (κ2) is 9.46. The highest BCUT2D eigenvalue weighted by molar-refractivity contribution is 7.10. The van der Waals surface area contributed by atoms with Crippen molar-refractivity contribution in [1.82, 2.24) is 4.90 Å². The maximum Gasteiger partial charge on any atom is 0.295 e. The van der Waals surface area contributed by atoms with Crippen LogP contribution >= 0.6 is 11.3 Å². The van der Waals surface area contributed by atoms with Crippen LogP contribution in [0, 0.1) is 0 Å². The Balaban J connectivity index is 1.68. The molecule has 1 aromatic heterocycles. The Morgan fingerprint density at radius 3 is 2.72 bits per heavy atom. The van der Waals surface area contributed by atoms with Crippen LogP contribution in [0.5, 0.6) is 5.75 Å². The van der Waals surface area contributed by atoms with Gasteiger partial charge in [0.15, 0.2) is 0 Å². The Morgan fingerprint density at radius 2 is 2.03 bits per heavy atom. The first-order valence-corrected chi connectivity index (χ1v) is 12.3. The predicted molar refractivity (Wildman–Crippen MR) is 122 cm³/mol. The monoisotopic (exact) mass is 454 g/mol. The van der Waals surface area contributed by atoms with Gasteiger partial charge >= 0.3 is 0 Å². The largest absolute Gasteiger partial charge is 0.872 e. The number of nitrogens with zero attached hydrogens (tertiary/aromatic N) is 1. The number of Topliss-reactive ketones (excluding diaryl/α,β-unsaturated/α-hetero) is 1. The molecule has 0 radical (unpaired) electrons. The van der Waals surface area contributed by atoms with Crippen LogP contribution in [0.4, 0.5) is 0 Å². The molecule has 170 valence electrons. The van der Waals surface area contributed by atoms with E-state index in [-0.39, 0.29) is 17.4 Å². The first-order valence-electron chi connectivity index (χ1n) is 11.4. The second-order valence-electron chi connectivity index (χ2n) is 8.50. The van der Waals surface area contributed by atoms with Crippen LogP contribution in [0.15, 0.2) is 41.3 Å². The van der Waals surface area contributed by atoms with Gasteiger partial charge in [0.1, 0.15) is 11.9 Å². The minimum Gasteiger partial charge on any atom is -0.872 e. The molecular weight excluding hydrogens is 424 g/mol. The normalized spacial score (nSPS) is 21.9. The molecule has 2 aromatic rings. The van der Waals surface area contributed by atoms with Crippen molar-refractivity contribution >= 4 is 28.8 Å². The molecule has 0 saturated carbocycles. The van der Waals surface area contributed by atoms with E-state index in [2.05, 4.69) is 13.8 Å². The molecule has 0 bridgehead atoms. The van der Waals surface area contributed by atoms with E-state index in [0.717, 1.165) is 48.7 Å². The zero-order chi connectivity index (χ0) is 22.8. The zero-order valence-corrected chi connectivity index (χ0v) is 19.7. The molecule has 2 unspecified atom stereocenters. The van der Waals surface area contributed by atoms with Crippen LogP contribution in [0.3, 0.4) is 0 Å². The van der Waals surface area contributed by atoms with Gasteiger partial charge in [0.05, 0.1) is 25.7 Å². The molecule has 1 fully saturated rings. The molecule has 1 saturated heterocycles. The number of quaternary nitrogens is 1. The van der Waals surface area contributed by atoms with Gasteiger partial charge in [-0.2, -0.15) is 0 Å². The lowest BCUT2D eigenvalue weighted by Crippen LogP contribution is -3.11. The summed E-state index contributed by atoms with van der Waals surface area (Å²) in [5, 5.41) is 15.4. The number of hydrogen-bond acceptors (Lipinski definition) is 5. The number of ketones is 1. The van der Waals surface area contributed by atoms with E-state index in [0.29, 0.717) is 12.1 Å². The molecular formula is C25H30N2O4S. The molecule has 1 amide bonds. The van der Waals surface area contributed by atoms with E-state index in [1.54, 1.807) is 17.0 Å². The molecule has 32 heavy (non-hydrogen) atoms. The summed E-state index contributed by atoms with van der Waals surface area (Å²) in [5.74, 6) is -0.822. The minimum atomic E-state index is -0.672. The lowest BCUT2D eigenvalue weighted by atomic mass is 9.98. The third kappa shape index (κ3) is 4.19. The summed E-state index contributed by atoms with van der Waals surface area (Å²) >= 11 is 1.47. The van der Waals surface area contributed by atoms with Crippen LogP contribution in [-0.4, -0.2) is 48.9 Å². The minimum absolute atomic E-state index is 0.0690. The summed E-state index contributed by atoms with van der Waals surface area (Å²) < 4.78 is 5.74. The van der Waals surface area contributed by atoms with E-state index in [4.69, 9.17) is 4.74 Å². The quantitative estimate of drug-likeness (QED) is 0.374. The maximum atomic E-state index is 13.5. The predicted octanol–water partition coefficient (Wildman–Crippen LogP) is 1.61. The number of thiophene rings is 1. The van der Waals surface area contributed by atoms with Gasteiger partial charge in [-0.25, -0.2) is 0 Å². The molecule has 2 atom stereocenters. The van der Waals surface area contributed by atoms with Crippen LogP contribution in [0.2, 0.25) is 0 Å². The SMILES string of the molecule is CC[NH+](CC)CCCN1C(=O)C(=O)/C(=C(/[O-])c2ccc3c(c2)CC(C)O3)C1c1cccs1. The first kappa shape index (κ1) is 22.6. The summed E-state index contributed by atoms with van der Waals surface area (Å²) in [6.45, 7) is 9.70. The van der Waals surface area contributed by atoms with Crippen molar-refractivity contribution in [3.63, 3.8) is 0 Å². The summed E-state index contributed by atoms with van der Waals surface area (Å²) in [5.41, 5.74) is 1.47. The second-order valence-corrected chi connectivity index (χ2v) is 9.48.